The molecule has 0 aliphatic heterocycles. The molecule has 0 atom stereocenters. The van der Waals surface area contributed by atoms with E-state index in [0.717, 1.165) is 5.56 Å². The summed E-state index contributed by atoms with van der Waals surface area (Å²) in [5.74, 6) is -0.553. The monoisotopic (exact) mass is 379 g/mol. The second-order valence-corrected chi connectivity index (χ2v) is 6.43. The molecule has 2 rings (SSSR count). The van der Waals surface area contributed by atoms with E-state index in [1.165, 1.54) is 4.90 Å². The van der Waals surface area contributed by atoms with Crippen molar-refractivity contribution < 1.29 is 9.59 Å². The first-order chi connectivity index (χ1) is 11.9. The molecule has 0 fully saturated rings. The third-order valence-corrected chi connectivity index (χ3v) is 4.15. The van der Waals surface area contributed by atoms with Crippen molar-refractivity contribution in [1.29, 1.82) is 0 Å². The Kier molecular flexibility index (Phi) is 6.67. The SMILES string of the molecule is Cc1ccc(NCC(=O)N(C)CC(=O)Nc2ccccc2Cl)c(Cl)c1. The molecule has 0 radical (unpaired) electrons. The van der Waals surface area contributed by atoms with E-state index >= 15 is 0 Å². The standard InChI is InChI=1S/C18H19Cl2N3O2/c1-12-7-8-15(14(20)9-12)21-10-18(25)23(2)11-17(24)22-16-6-4-3-5-13(16)19/h3-9,21H,10-11H2,1-2H3,(H,22,24). The number of likely N-dealkylation sites (N-methyl/N-ethyl adjacent to an activating group) is 1. The molecule has 0 bridgehead atoms. The predicted octanol–water partition coefficient (Wildman–Crippen LogP) is 3.81. The molecule has 0 aliphatic carbocycles. The summed E-state index contributed by atoms with van der Waals surface area (Å²) in [6.45, 7) is 1.90. The van der Waals surface area contributed by atoms with Gasteiger partial charge in [0.05, 0.1) is 34.5 Å². The predicted molar refractivity (Wildman–Crippen MR) is 102 cm³/mol. The van der Waals surface area contributed by atoms with Gasteiger partial charge in [-0.2, -0.15) is 0 Å². The first-order valence-corrected chi connectivity index (χ1v) is 8.41. The van der Waals surface area contributed by atoms with Gasteiger partial charge in [-0.3, -0.25) is 9.59 Å². The molecule has 2 N–H and O–H groups in total. The molecule has 7 heteroatoms. The Morgan fingerprint density at radius 2 is 1.76 bits per heavy atom. The summed E-state index contributed by atoms with van der Waals surface area (Å²) in [4.78, 5) is 25.5. The number of para-hydroxylation sites is 1. The lowest BCUT2D eigenvalue weighted by molar-refractivity contribution is -0.131. The number of hydrogen-bond acceptors (Lipinski definition) is 3. The number of amides is 2. The number of anilines is 2. The molecule has 2 amide bonds. The number of nitrogens with zero attached hydrogens (tertiary/aromatic N) is 1. The number of carbonyl (C=O) groups is 2. The molecule has 132 valence electrons. The Labute approximate surface area is 156 Å². The van der Waals surface area contributed by atoms with Crippen LogP contribution in [0.3, 0.4) is 0 Å². The van der Waals surface area contributed by atoms with Gasteiger partial charge in [-0.25, -0.2) is 0 Å². The summed E-state index contributed by atoms with van der Waals surface area (Å²) in [6.07, 6.45) is 0. The fourth-order valence-electron chi connectivity index (χ4n) is 2.13. The number of hydrogen-bond donors (Lipinski definition) is 2. The van der Waals surface area contributed by atoms with Crippen LogP contribution in [0.1, 0.15) is 5.56 Å². The van der Waals surface area contributed by atoms with Crippen molar-refractivity contribution in [3.05, 3.63) is 58.1 Å². The topological polar surface area (TPSA) is 61.4 Å². The minimum atomic E-state index is -0.322. The summed E-state index contributed by atoms with van der Waals surface area (Å²) >= 11 is 12.1. The number of benzene rings is 2. The van der Waals surface area contributed by atoms with Crippen LogP contribution >= 0.6 is 23.2 Å². The minimum absolute atomic E-state index is 0.0403. The van der Waals surface area contributed by atoms with E-state index < -0.39 is 0 Å². The smallest absolute Gasteiger partial charge is 0.244 e. The van der Waals surface area contributed by atoms with Crippen LogP contribution in [0.15, 0.2) is 42.5 Å². The Morgan fingerprint density at radius 3 is 2.44 bits per heavy atom. The third kappa shape index (κ3) is 5.66. The molecule has 25 heavy (non-hydrogen) atoms. The Bertz CT molecular complexity index is 781. The fraction of sp³-hybridized carbons (Fsp3) is 0.222. The second-order valence-electron chi connectivity index (χ2n) is 5.61. The van der Waals surface area contributed by atoms with E-state index in [2.05, 4.69) is 10.6 Å². The number of nitrogens with one attached hydrogen (secondary N) is 2. The van der Waals surface area contributed by atoms with E-state index in [0.29, 0.717) is 21.4 Å². The average Bonchev–Trinajstić information content (AvgIpc) is 2.55. The van der Waals surface area contributed by atoms with Crippen LogP contribution in [0.4, 0.5) is 11.4 Å². The molecular formula is C18H19Cl2N3O2. The first-order valence-electron chi connectivity index (χ1n) is 7.65. The molecule has 0 saturated carbocycles. The number of rotatable bonds is 6. The van der Waals surface area contributed by atoms with Crippen LogP contribution in [-0.4, -0.2) is 36.9 Å². The van der Waals surface area contributed by atoms with Gasteiger partial charge in [-0.15, -0.1) is 0 Å². The molecule has 0 aromatic heterocycles. The van der Waals surface area contributed by atoms with Crippen LogP contribution in [0, 0.1) is 6.92 Å². The van der Waals surface area contributed by atoms with Crippen molar-refractivity contribution in [3.8, 4) is 0 Å². The van der Waals surface area contributed by atoms with Crippen LogP contribution in [0.5, 0.6) is 0 Å². The molecule has 2 aromatic carbocycles. The Hall–Kier alpha value is -2.24. The zero-order valence-electron chi connectivity index (χ0n) is 14.0. The van der Waals surface area contributed by atoms with Crippen molar-refractivity contribution in [2.24, 2.45) is 0 Å². The highest BCUT2D eigenvalue weighted by atomic mass is 35.5. The van der Waals surface area contributed by atoms with Crippen LogP contribution < -0.4 is 10.6 Å². The zero-order chi connectivity index (χ0) is 18.4. The molecule has 2 aromatic rings. The summed E-state index contributed by atoms with van der Waals surface area (Å²) in [5, 5.41) is 6.65. The second kappa shape index (κ2) is 8.74. The molecular weight excluding hydrogens is 361 g/mol. The molecule has 0 saturated heterocycles. The summed E-state index contributed by atoms with van der Waals surface area (Å²) in [7, 11) is 1.56. The van der Waals surface area contributed by atoms with Crippen molar-refractivity contribution in [3.63, 3.8) is 0 Å². The summed E-state index contributed by atoms with van der Waals surface area (Å²) in [6, 6.07) is 12.5. The van der Waals surface area contributed by atoms with Crippen LogP contribution in [0.25, 0.3) is 0 Å². The average molecular weight is 380 g/mol. The van der Waals surface area contributed by atoms with Gasteiger partial charge in [0.1, 0.15) is 0 Å². The fourth-order valence-corrected chi connectivity index (χ4v) is 2.61. The van der Waals surface area contributed by atoms with Gasteiger partial charge in [0.2, 0.25) is 11.8 Å². The maximum Gasteiger partial charge on any atom is 0.244 e. The van der Waals surface area contributed by atoms with Crippen molar-refractivity contribution in [2.75, 3.05) is 30.8 Å². The lowest BCUT2D eigenvalue weighted by Gasteiger charge is -2.18. The largest absolute Gasteiger partial charge is 0.375 e. The molecule has 0 unspecified atom stereocenters. The van der Waals surface area contributed by atoms with Crippen LogP contribution in [-0.2, 0) is 9.59 Å². The van der Waals surface area contributed by atoms with E-state index in [-0.39, 0.29) is 24.9 Å². The normalized spacial score (nSPS) is 10.2. The maximum absolute atomic E-state index is 12.2. The maximum atomic E-state index is 12.2. The van der Waals surface area contributed by atoms with Gasteiger partial charge in [0.15, 0.2) is 0 Å². The van der Waals surface area contributed by atoms with E-state index in [4.69, 9.17) is 23.2 Å². The third-order valence-electron chi connectivity index (χ3n) is 3.51. The quantitative estimate of drug-likeness (QED) is 0.801. The highest BCUT2D eigenvalue weighted by Gasteiger charge is 2.14. The van der Waals surface area contributed by atoms with Gasteiger partial charge in [-0.05, 0) is 36.8 Å². The van der Waals surface area contributed by atoms with Gasteiger partial charge < -0.3 is 15.5 Å². The Balaban J connectivity index is 1.85. The van der Waals surface area contributed by atoms with Gasteiger partial charge in [-0.1, -0.05) is 41.4 Å². The van der Waals surface area contributed by atoms with Crippen LogP contribution in [0.2, 0.25) is 10.0 Å². The minimum Gasteiger partial charge on any atom is -0.375 e. The van der Waals surface area contributed by atoms with Gasteiger partial charge >= 0.3 is 0 Å². The molecule has 5 nitrogen and oxygen atoms in total. The van der Waals surface area contributed by atoms with E-state index in [1.54, 1.807) is 31.3 Å². The highest BCUT2D eigenvalue weighted by Crippen LogP contribution is 2.22. The lowest BCUT2D eigenvalue weighted by Crippen LogP contribution is -2.38. The van der Waals surface area contributed by atoms with E-state index in [9.17, 15) is 9.59 Å². The number of halogens is 2. The van der Waals surface area contributed by atoms with Crippen molar-refractivity contribution in [2.45, 2.75) is 6.92 Å². The molecule has 0 spiro atoms. The molecule has 0 heterocycles. The number of carbonyl (C=O) groups excluding carboxylic acids is 2. The zero-order valence-corrected chi connectivity index (χ0v) is 15.5. The van der Waals surface area contributed by atoms with Crippen molar-refractivity contribution >= 4 is 46.4 Å². The van der Waals surface area contributed by atoms with Crippen molar-refractivity contribution in [1.82, 2.24) is 4.90 Å². The highest BCUT2D eigenvalue weighted by molar-refractivity contribution is 6.34. The van der Waals surface area contributed by atoms with Gasteiger partial charge in [0.25, 0.3) is 0 Å². The summed E-state index contributed by atoms with van der Waals surface area (Å²) < 4.78 is 0. The molecule has 0 aliphatic rings. The first kappa shape index (κ1) is 19.1. The lowest BCUT2D eigenvalue weighted by atomic mass is 10.2. The Morgan fingerprint density at radius 1 is 1.04 bits per heavy atom. The number of aryl methyl sites for hydroxylation is 1. The van der Waals surface area contributed by atoms with Gasteiger partial charge in [0, 0.05) is 7.05 Å². The summed E-state index contributed by atoms with van der Waals surface area (Å²) in [5.41, 5.74) is 2.23. The van der Waals surface area contributed by atoms with E-state index in [1.807, 2.05) is 25.1 Å².